The maximum atomic E-state index is 14.2. The Morgan fingerprint density at radius 1 is 0.363 bits per heavy atom. The van der Waals surface area contributed by atoms with Crippen molar-refractivity contribution < 1.29 is 119 Å². The van der Waals surface area contributed by atoms with E-state index in [1.54, 1.807) is 12.4 Å². The summed E-state index contributed by atoms with van der Waals surface area (Å²) in [5, 5.41) is 6.09. The average Bonchev–Trinajstić information content (AvgIpc) is 0.904. The number of carbonyl (C=O) groups excluding carboxylic acids is 1. The first-order valence-corrected chi connectivity index (χ1v) is 25.8. The van der Waals surface area contributed by atoms with Crippen molar-refractivity contribution in [2.45, 2.75) is 56.0 Å². The van der Waals surface area contributed by atoms with Crippen molar-refractivity contribution in [3.8, 4) is 5.75 Å². The summed E-state index contributed by atoms with van der Waals surface area (Å²) in [4.78, 5) is 17.6. The zero-order chi connectivity index (χ0) is 66.8. The number of benzene rings is 9. The van der Waals surface area contributed by atoms with Crippen LogP contribution in [0.4, 0.5) is 105 Å². The van der Waals surface area contributed by atoms with Crippen molar-refractivity contribution in [2.75, 3.05) is 0 Å². The molecule has 0 aliphatic rings. The molecule has 0 radical (unpaired) electrons. The van der Waals surface area contributed by atoms with Crippen LogP contribution in [0.1, 0.15) is 60.6 Å². The van der Waals surface area contributed by atoms with Crippen molar-refractivity contribution in [2.24, 2.45) is 0 Å². The Hall–Kier alpha value is -9.31. The van der Waals surface area contributed by atoms with Crippen LogP contribution < -0.4 is 31.2 Å². The van der Waals surface area contributed by atoms with Crippen LogP contribution in [-0.2, 0) is 56.0 Å². The van der Waals surface area contributed by atoms with Gasteiger partial charge in [0.25, 0.3) is 0 Å². The monoisotopic (exact) mass is 1300 g/mol. The third kappa shape index (κ3) is 14.3. The average molecular weight is 1300 g/mol. The Labute approximate surface area is 495 Å². The van der Waals surface area contributed by atoms with E-state index in [0.717, 1.165) is 37.9 Å². The van der Waals surface area contributed by atoms with Gasteiger partial charge in [-0.15, -0.1) is 0 Å². The number of fused-ring (bicyclic) bond motifs is 3. The Balaban J connectivity index is 0.000000242. The first-order valence-electron chi connectivity index (χ1n) is 25.8. The molecule has 1 heterocycles. The van der Waals surface area contributed by atoms with Crippen molar-refractivity contribution in [3.63, 3.8) is 0 Å². The summed E-state index contributed by atoms with van der Waals surface area (Å²) in [5.74, 6) is 0.0809. The van der Waals surface area contributed by atoms with Crippen LogP contribution >= 0.6 is 0 Å². The second-order valence-electron chi connectivity index (χ2n) is 20.6. The van der Waals surface area contributed by atoms with Gasteiger partial charge in [-0.1, -0.05) is 127 Å². The number of nitrogens with zero attached hydrogens (tertiary/aromatic N) is 2. The number of ether oxygens (including phenoxy) is 1. The smallest absolute Gasteiger partial charge is 0.416 e. The van der Waals surface area contributed by atoms with E-state index in [0.29, 0.717) is 12.3 Å². The molecule has 0 amide bonds. The minimum atomic E-state index is -6.13. The first-order chi connectivity index (χ1) is 42.0. The molecule has 0 N–H and O–H groups in total. The number of carbonyl (C=O) groups is 1. The molecule has 0 fully saturated rings. The summed E-state index contributed by atoms with van der Waals surface area (Å²) < 4.78 is 349. The number of esters is 1. The van der Waals surface area contributed by atoms with Gasteiger partial charge in [-0.25, -0.2) is 9.78 Å². The van der Waals surface area contributed by atoms with Crippen LogP contribution in [0, 0.1) is 0 Å². The van der Waals surface area contributed by atoms with Crippen LogP contribution in [0.15, 0.2) is 188 Å². The molecule has 0 saturated carbocycles. The second-order valence-corrected chi connectivity index (χ2v) is 20.6. The fraction of sp³-hybridized carbons (Fsp3) is 0.145. The fourth-order valence-corrected chi connectivity index (χ4v) is 10.5. The molecule has 1 aromatic heterocycles. The zero-order valence-corrected chi connectivity index (χ0v) is 45.0. The van der Waals surface area contributed by atoms with Gasteiger partial charge in [0.2, 0.25) is 11.9 Å². The molecule has 91 heavy (non-hydrogen) atoms. The highest BCUT2D eigenvalue weighted by atomic mass is 19.4. The number of alkyl halides is 24. The highest BCUT2D eigenvalue weighted by molar-refractivity contribution is 7.20. The predicted octanol–water partition coefficient (Wildman–Crippen LogP) is 17.3. The van der Waals surface area contributed by atoms with Crippen LogP contribution in [0.5, 0.6) is 5.75 Å². The number of halogens is 24. The molecule has 29 heteroatoms. The Kier molecular flexibility index (Phi) is 17.1. The maximum absolute atomic E-state index is 14.2. The molecule has 10 rings (SSSR count). The SMILES string of the molecule is FC(F)(F)c1cc([B-](c2cc(C(F)(F)F)cc(C(F)(F)F)c2)(c2cc(C(F)(F)F)cc(C(F)(F)F)c2)c2cc(C(F)(F)F)cc(C(F)(F)F)c2)cc(C(F)(F)F)c1.O=C(Oc1c2ccccc2cc2cc3ccccc3cc12)c1c[n+](Cc2ccccc2)ccn1. The van der Waals surface area contributed by atoms with Gasteiger partial charge in [-0.3, -0.25) is 0 Å². The van der Waals surface area contributed by atoms with E-state index in [2.05, 4.69) is 47.4 Å². The minimum Gasteiger partial charge on any atom is -0.420 e. The molecule has 0 atom stereocenters. The van der Waals surface area contributed by atoms with Crippen molar-refractivity contribution >= 4 is 66.3 Å². The van der Waals surface area contributed by atoms with Gasteiger partial charge in [0.05, 0.1) is 50.7 Å². The molecular formula is C62H33BF24N2O2. The van der Waals surface area contributed by atoms with Crippen molar-refractivity contribution in [1.29, 1.82) is 0 Å². The van der Waals surface area contributed by atoms with E-state index in [1.807, 2.05) is 65.4 Å². The fourth-order valence-electron chi connectivity index (χ4n) is 10.5. The number of aromatic nitrogens is 2. The number of hydrogen-bond donors (Lipinski definition) is 0. The van der Waals surface area contributed by atoms with Gasteiger partial charge in [0, 0.05) is 16.3 Å². The molecule has 0 unspecified atom stereocenters. The minimum absolute atomic E-state index is 0.264. The summed E-state index contributed by atoms with van der Waals surface area (Å²) >= 11 is 0. The lowest BCUT2D eigenvalue weighted by Gasteiger charge is -2.46. The van der Waals surface area contributed by atoms with Gasteiger partial charge < -0.3 is 4.74 Å². The lowest BCUT2D eigenvalue weighted by atomic mass is 9.12. The molecule has 0 bridgehead atoms. The van der Waals surface area contributed by atoms with Gasteiger partial charge >= 0.3 is 55.4 Å². The van der Waals surface area contributed by atoms with Gasteiger partial charge in [0.15, 0.2) is 12.7 Å². The summed E-state index contributed by atoms with van der Waals surface area (Å²) in [5.41, 5.74) is -28.8. The molecule has 0 aliphatic carbocycles. The third-order valence-corrected chi connectivity index (χ3v) is 14.5. The third-order valence-electron chi connectivity index (χ3n) is 14.5. The van der Waals surface area contributed by atoms with E-state index in [4.69, 9.17) is 4.74 Å². The van der Waals surface area contributed by atoms with E-state index in [-0.39, 0.29) is 5.69 Å². The molecule has 10 aromatic rings. The van der Waals surface area contributed by atoms with Crippen LogP contribution in [-0.4, -0.2) is 17.1 Å². The summed E-state index contributed by atoms with van der Waals surface area (Å²) in [6.07, 6.45) is -49.6. The molecule has 0 saturated heterocycles. The highest BCUT2D eigenvalue weighted by Crippen LogP contribution is 2.43. The molecule has 9 aromatic carbocycles. The summed E-state index contributed by atoms with van der Waals surface area (Å²) in [7, 11) is 0. The number of rotatable bonds is 8. The number of hydrogen-bond acceptors (Lipinski definition) is 3. The van der Waals surface area contributed by atoms with Gasteiger partial charge in [-0.2, -0.15) is 132 Å². The van der Waals surface area contributed by atoms with Crippen LogP contribution in [0.2, 0.25) is 0 Å². The van der Waals surface area contributed by atoms with Crippen LogP contribution in [0.25, 0.3) is 32.3 Å². The van der Waals surface area contributed by atoms with Crippen LogP contribution in [0.3, 0.4) is 0 Å². The van der Waals surface area contributed by atoms with E-state index < -0.39 is 201 Å². The Morgan fingerprint density at radius 3 is 1.04 bits per heavy atom. The Bertz CT molecular complexity index is 3950. The van der Waals surface area contributed by atoms with Crippen molar-refractivity contribution in [3.05, 3.63) is 244 Å². The topological polar surface area (TPSA) is 43.1 Å². The van der Waals surface area contributed by atoms with E-state index in [9.17, 15) is 110 Å². The van der Waals surface area contributed by atoms with E-state index >= 15 is 0 Å². The highest BCUT2D eigenvalue weighted by Gasteiger charge is 2.47. The summed E-state index contributed by atoms with van der Waals surface area (Å²) in [6.45, 7) is 0.646. The first kappa shape index (κ1) is 66.1. The largest absolute Gasteiger partial charge is 0.420 e. The zero-order valence-electron chi connectivity index (χ0n) is 45.0. The molecule has 0 spiro atoms. The lowest BCUT2D eigenvalue weighted by molar-refractivity contribution is -0.689. The van der Waals surface area contributed by atoms with Gasteiger partial charge in [0.1, 0.15) is 11.9 Å². The molecule has 4 nitrogen and oxygen atoms in total. The lowest BCUT2D eigenvalue weighted by Crippen LogP contribution is -2.75. The molecule has 474 valence electrons. The quantitative estimate of drug-likeness (QED) is 0.0380. The Morgan fingerprint density at radius 2 is 0.681 bits per heavy atom. The summed E-state index contributed by atoms with van der Waals surface area (Å²) in [6, 6.07) is 23.8. The molecule has 0 aliphatic heterocycles. The predicted molar refractivity (Wildman–Crippen MR) is 284 cm³/mol. The van der Waals surface area contributed by atoms with E-state index in [1.165, 1.54) is 0 Å². The normalized spacial score (nSPS) is 13.1. The maximum Gasteiger partial charge on any atom is 0.416 e. The second kappa shape index (κ2) is 23.5. The van der Waals surface area contributed by atoms with Gasteiger partial charge in [-0.05, 0) is 64.0 Å². The van der Waals surface area contributed by atoms with Crippen molar-refractivity contribution in [1.82, 2.24) is 4.98 Å². The standard InChI is InChI=1S/C32H12BF24.C30H21N2O2/c34-25(35,36)13-1-14(26(37,38)39)6-21(5-13)33(22-7-15(27(40,41)42)2-16(8-22)28(43,44)45,23-9-17(29(46,47)48)3-18(10-23)30(49,50)51)24-11-19(31(52,53)54)4-20(12-24)32(55,56)57;33-30(28-20-32(15-14-31-28)19-21-8-2-1-3-9-21)34-29-26-13-7-6-12-24(26)17-25-16-22-10-4-5-11-23(22)18-27(25)29/h1-12H;1-18,20H,19H2/q-1;+1. The molecular weight excluding hydrogens is 1270 g/mol.